The summed E-state index contributed by atoms with van der Waals surface area (Å²) in [4.78, 5) is 3.96. The summed E-state index contributed by atoms with van der Waals surface area (Å²) < 4.78 is 12.6. The molecule has 12 heavy (non-hydrogen) atoms. The molecular weight excluding hydrogens is 175 g/mol. The average molecular weight is 184 g/mol. The van der Waals surface area contributed by atoms with Gasteiger partial charge in [0.05, 0.1) is 5.69 Å². The number of hydrogen-bond donors (Lipinski definition) is 1. The molecule has 0 saturated heterocycles. The van der Waals surface area contributed by atoms with Crippen molar-refractivity contribution in [2.24, 2.45) is 10.7 Å². The van der Waals surface area contributed by atoms with Crippen LogP contribution < -0.4 is 5.73 Å². The van der Waals surface area contributed by atoms with Gasteiger partial charge in [0.2, 0.25) is 0 Å². The SMILES string of the molecule is CSC(N)=Nc1cccc(F)c1. The first-order valence-electron chi connectivity index (χ1n) is 3.36. The molecule has 0 atom stereocenters. The van der Waals surface area contributed by atoms with Crippen LogP contribution in [0.3, 0.4) is 0 Å². The average Bonchev–Trinajstić information content (AvgIpc) is 2.04. The molecule has 0 fully saturated rings. The van der Waals surface area contributed by atoms with Crippen molar-refractivity contribution >= 4 is 22.6 Å². The zero-order valence-electron chi connectivity index (χ0n) is 6.62. The van der Waals surface area contributed by atoms with Crippen molar-refractivity contribution in [1.82, 2.24) is 0 Å². The highest BCUT2D eigenvalue weighted by molar-refractivity contribution is 8.13. The van der Waals surface area contributed by atoms with Gasteiger partial charge in [-0.2, -0.15) is 0 Å². The van der Waals surface area contributed by atoms with Gasteiger partial charge >= 0.3 is 0 Å². The minimum atomic E-state index is -0.301. The predicted molar refractivity (Wildman–Crippen MR) is 51.2 cm³/mol. The van der Waals surface area contributed by atoms with E-state index in [-0.39, 0.29) is 5.82 Å². The Morgan fingerprint density at radius 2 is 2.33 bits per heavy atom. The molecule has 0 bridgehead atoms. The molecule has 0 radical (unpaired) electrons. The number of nitrogens with zero attached hydrogens (tertiary/aromatic N) is 1. The number of amidine groups is 1. The second-order valence-corrected chi connectivity index (χ2v) is 2.96. The Morgan fingerprint density at radius 1 is 1.58 bits per heavy atom. The first-order valence-corrected chi connectivity index (χ1v) is 4.58. The van der Waals surface area contributed by atoms with Crippen LogP contribution in [0.2, 0.25) is 0 Å². The van der Waals surface area contributed by atoms with Gasteiger partial charge in [0.25, 0.3) is 0 Å². The van der Waals surface area contributed by atoms with E-state index in [4.69, 9.17) is 5.73 Å². The number of aliphatic imine (C=N–C) groups is 1. The van der Waals surface area contributed by atoms with E-state index >= 15 is 0 Å². The van der Waals surface area contributed by atoms with Gasteiger partial charge in [-0.3, -0.25) is 0 Å². The fourth-order valence-corrected chi connectivity index (χ4v) is 0.915. The molecule has 1 aromatic carbocycles. The van der Waals surface area contributed by atoms with E-state index in [9.17, 15) is 4.39 Å². The summed E-state index contributed by atoms with van der Waals surface area (Å²) in [7, 11) is 0. The van der Waals surface area contributed by atoms with Crippen molar-refractivity contribution in [2.45, 2.75) is 0 Å². The van der Waals surface area contributed by atoms with Gasteiger partial charge in [-0.15, -0.1) is 0 Å². The minimum Gasteiger partial charge on any atom is -0.378 e. The van der Waals surface area contributed by atoms with Crippen molar-refractivity contribution in [3.8, 4) is 0 Å². The molecule has 64 valence electrons. The summed E-state index contributed by atoms with van der Waals surface area (Å²) >= 11 is 1.33. The second kappa shape index (κ2) is 4.11. The molecule has 2 nitrogen and oxygen atoms in total. The number of nitrogens with two attached hydrogens (primary N) is 1. The summed E-state index contributed by atoms with van der Waals surface area (Å²) in [6.45, 7) is 0. The lowest BCUT2D eigenvalue weighted by molar-refractivity contribution is 0.628. The molecule has 0 aliphatic carbocycles. The largest absolute Gasteiger partial charge is 0.378 e. The Hall–Kier alpha value is -1.03. The highest BCUT2D eigenvalue weighted by Crippen LogP contribution is 2.13. The predicted octanol–water partition coefficient (Wildman–Crippen LogP) is 2.13. The van der Waals surface area contributed by atoms with Crippen molar-refractivity contribution in [3.63, 3.8) is 0 Å². The zero-order valence-corrected chi connectivity index (χ0v) is 7.44. The lowest BCUT2D eigenvalue weighted by Crippen LogP contribution is -2.04. The summed E-state index contributed by atoms with van der Waals surface area (Å²) in [5, 5.41) is 0.431. The number of thioether (sulfide) groups is 1. The van der Waals surface area contributed by atoms with Crippen LogP contribution in [0.1, 0.15) is 0 Å². The Bertz CT molecular complexity index is 299. The monoisotopic (exact) mass is 184 g/mol. The van der Waals surface area contributed by atoms with E-state index in [0.29, 0.717) is 10.9 Å². The van der Waals surface area contributed by atoms with Crippen LogP contribution in [-0.4, -0.2) is 11.4 Å². The second-order valence-electron chi connectivity index (χ2n) is 2.13. The maximum atomic E-state index is 12.6. The zero-order chi connectivity index (χ0) is 8.97. The first kappa shape index (κ1) is 9.06. The molecule has 4 heteroatoms. The van der Waals surface area contributed by atoms with Crippen molar-refractivity contribution in [2.75, 3.05) is 6.26 Å². The van der Waals surface area contributed by atoms with Gasteiger partial charge in [-0.05, 0) is 24.5 Å². The van der Waals surface area contributed by atoms with Crippen LogP contribution in [0, 0.1) is 5.82 Å². The van der Waals surface area contributed by atoms with Crippen molar-refractivity contribution in [3.05, 3.63) is 30.1 Å². The third-order valence-corrected chi connectivity index (χ3v) is 1.77. The fourth-order valence-electron chi connectivity index (χ4n) is 0.719. The third kappa shape index (κ3) is 2.54. The number of rotatable bonds is 1. The van der Waals surface area contributed by atoms with Gasteiger partial charge in [0.15, 0.2) is 5.17 Å². The van der Waals surface area contributed by atoms with Gasteiger partial charge in [0.1, 0.15) is 5.82 Å². The van der Waals surface area contributed by atoms with Crippen molar-refractivity contribution in [1.29, 1.82) is 0 Å². The van der Waals surface area contributed by atoms with Gasteiger partial charge in [-0.25, -0.2) is 9.38 Å². The van der Waals surface area contributed by atoms with Crippen LogP contribution >= 0.6 is 11.8 Å². The lowest BCUT2D eigenvalue weighted by atomic mass is 10.3. The van der Waals surface area contributed by atoms with Crippen LogP contribution in [0.5, 0.6) is 0 Å². The van der Waals surface area contributed by atoms with E-state index in [2.05, 4.69) is 4.99 Å². The van der Waals surface area contributed by atoms with E-state index in [1.165, 1.54) is 23.9 Å². The number of halogens is 1. The van der Waals surface area contributed by atoms with Crippen LogP contribution in [0.4, 0.5) is 10.1 Å². The van der Waals surface area contributed by atoms with Gasteiger partial charge in [-0.1, -0.05) is 17.8 Å². The summed E-state index contributed by atoms with van der Waals surface area (Å²) in [5.74, 6) is -0.301. The van der Waals surface area contributed by atoms with Crippen LogP contribution in [-0.2, 0) is 0 Å². The van der Waals surface area contributed by atoms with E-state index < -0.39 is 0 Å². The number of hydrogen-bond acceptors (Lipinski definition) is 2. The molecule has 0 unspecified atom stereocenters. The molecule has 0 amide bonds. The quantitative estimate of drug-likeness (QED) is 0.536. The van der Waals surface area contributed by atoms with E-state index in [0.717, 1.165) is 0 Å². The van der Waals surface area contributed by atoms with E-state index in [1.807, 2.05) is 6.26 Å². The number of benzene rings is 1. The molecule has 2 N–H and O–H groups in total. The Balaban J connectivity index is 2.89. The Kier molecular flexibility index (Phi) is 3.10. The maximum absolute atomic E-state index is 12.6. The summed E-state index contributed by atoms with van der Waals surface area (Å²) in [5.41, 5.74) is 5.99. The molecule has 0 aromatic heterocycles. The highest BCUT2D eigenvalue weighted by atomic mass is 32.2. The molecule has 1 aromatic rings. The van der Waals surface area contributed by atoms with Crippen molar-refractivity contribution < 1.29 is 4.39 Å². The summed E-state index contributed by atoms with van der Waals surface area (Å²) in [6.07, 6.45) is 1.82. The van der Waals surface area contributed by atoms with Crippen LogP contribution in [0.25, 0.3) is 0 Å². The maximum Gasteiger partial charge on any atom is 0.158 e. The lowest BCUT2D eigenvalue weighted by Gasteiger charge is -1.95. The molecule has 0 aliphatic rings. The van der Waals surface area contributed by atoms with Gasteiger partial charge in [0, 0.05) is 0 Å². The van der Waals surface area contributed by atoms with Gasteiger partial charge < -0.3 is 5.73 Å². The molecule has 0 heterocycles. The molecular formula is C8H9FN2S. The Labute approximate surface area is 74.7 Å². The minimum absolute atomic E-state index is 0.301. The van der Waals surface area contributed by atoms with Crippen LogP contribution in [0.15, 0.2) is 29.3 Å². The first-order chi connectivity index (χ1) is 5.72. The fraction of sp³-hybridized carbons (Fsp3) is 0.125. The topological polar surface area (TPSA) is 38.4 Å². The smallest absolute Gasteiger partial charge is 0.158 e. The molecule has 0 spiro atoms. The van der Waals surface area contributed by atoms with E-state index in [1.54, 1.807) is 12.1 Å². The molecule has 0 saturated carbocycles. The normalized spacial score (nSPS) is 11.7. The standard InChI is InChI=1S/C8H9FN2S/c1-12-8(10)11-7-4-2-3-6(9)5-7/h2-5H,1H3,(H2,10,11). The third-order valence-electron chi connectivity index (χ3n) is 1.26. The summed E-state index contributed by atoms with van der Waals surface area (Å²) in [6, 6.07) is 6.01. The molecule has 0 aliphatic heterocycles. The Morgan fingerprint density at radius 3 is 2.92 bits per heavy atom. The molecule has 1 rings (SSSR count). The highest BCUT2D eigenvalue weighted by Gasteiger charge is 1.93.